The van der Waals surface area contributed by atoms with E-state index in [1.165, 1.54) is 4.31 Å². The molecule has 1 fully saturated rings. The van der Waals surface area contributed by atoms with E-state index in [1.807, 2.05) is 56.6 Å². The van der Waals surface area contributed by atoms with Crippen LogP contribution in [0.25, 0.3) is 11.0 Å². The topological polar surface area (TPSA) is 129 Å². The average Bonchev–Trinajstić information content (AvgIpc) is 3.68. The average molecular weight is 633 g/mol. The highest BCUT2D eigenvalue weighted by atomic mass is 32.2. The van der Waals surface area contributed by atoms with Crippen LogP contribution in [-0.2, 0) is 32.6 Å². The Hall–Kier alpha value is -3.87. The van der Waals surface area contributed by atoms with E-state index in [-0.39, 0.29) is 54.3 Å². The van der Waals surface area contributed by atoms with E-state index in [0.717, 1.165) is 45.3 Å². The highest BCUT2D eigenvalue weighted by Gasteiger charge is 2.35. The van der Waals surface area contributed by atoms with Gasteiger partial charge in [0.2, 0.25) is 21.8 Å². The van der Waals surface area contributed by atoms with Crippen molar-refractivity contribution in [2.24, 2.45) is 0 Å². The second-order valence-corrected chi connectivity index (χ2v) is 13.8. The Balaban J connectivity index is 1.38. The number of fused-ring (bicyclic) bond motifs is 2. The molecule has 1 amide bonds. The molecule has 0 bridgehead atoms. The Morgan fingerprint density at radius 3 is 2.76 bits per heavy atom. The maximum absolute atomic E-state index is 13.9. The van der Waals surface area contributed by atoms with E-state index < -0.39 is 10.0 Å². The summed E-state index contributed by atoms with van der Waals surface area (Å²) in [5, 5.41) is 11.9. The van der Waals surface area contributed by atoms with Crippen LogP contribution in [0.4, 0.5) is 0 Å². The molecule has 3 atom stereocenters. The fraction of sp³-hybridized carbons (Fsp3) is 0.455. The van der Waals surface area contributed by atoms with Crippen molar-refractivity contribution >= 4 is 27.0 Å². The molecule has 0 spiro atoms. The summed E-state index contributed by atoms with van der Waals surface area (Å²) in [4.78, 5) is 17.7. The first-order chi connectivity index (χ1) is 21.7. The van der Waals surface area contributed by atoms with Gasteiger partial charge in [0, 0.05) is 38.2 Å². The van der Waals surface area contributed by atoms with E-state index in [2.05, 4.69) is 26.7 Å². The summed E-state index contributed by atoms with van der Waals surface area (Å²) in [5.74, 6) is -0.210. The van der Waals surface area contributed by atoms with Gasteiger partial charge in [0.1, 0.15) is 16.5 Å². The lowest BCUT2D eigenvalue weighted by molar-refractivity contribution is -0.122. The van der Waals surface area contributed by atoms with Gasteiger partial charge in [-0.05, 0) is 79.6 Å². The fourth-order valence-electron chi connectivity index (χ4n) is 6.27. The molecule has 2 aromatic heterocycles. The van der Waals surface area contributed by atoms with Gasteiger partial charge >= 0.3 is 0 Å². The molecule has 1 N–H and O–H groups in total. The summed E-state index contributed by atoms with van der Waals surface area (Å²) >= 11 is 0. The first-order valence-electron chi connectivity index (χ1n) is 15.6. The molecule has 0 radical (unpaired) electrons. The van der Waals surface area contributed by atoms with Crippen LogP contribution in [0.1, 0.15) is 66.8 Å². The van der Waals surface area contributed by atoms with Crippen LogP contribution in [0.5, 0.6) is 5.88 Å². The Kier molecular flexibility index (Phi) is 8.89. The highest BCUT2D eigenvalue weighted by molar-refractivity contribution is 7.89. The number of benzene rings is 2. The van der Waals surface area contributed by atoms with Crippen LogP contribution >= 0.6 is 0 Å². The van der Waals surface area contributed by atoms with Crippen molar-refractivity contribution in [1.29, 1.82) is 0 Å². The maximum Gasteiger partial charge on any atom is 0.248 e. The molecule has 2 aliphatic heterocycles. The second kappa shape index (κ2) is 12.9. The molecule has 2 aliphatic rings. The molecule has 4 aromatic rings. The van der Waals surface area contributed by atoms with Crippen molar-refractivity contribution in [3.8, 4) is 5.88 Å². The zero-order valence-electron chi connectivity index (χ0n) is 26.2. The number of sulfonamides is 1. The monoisotopic (exact) mass is 632 g/mol. The number of pyridine rings is 1. The first kappa shape index (κ1) is 31.1. The van der Waals surface area contributed by atoms with Gasteiger partial charge in [-0.15, -0.1) is 5.10 Å². The van der Waals surface area contributed by atoms with Crippen molar-refractivity contribution < 1.29 is 22.7 Å². The molecule has 11 nitrogen and oxygen atoms in total. The Labute approximate surface area is 264 Å². The largest absolute Gasteiger partial charge is 0.472 e. The summed E-state index contributed by atoms with van der Waals surface area (Å²) in [6.07, 6.45) is 2.86. The minimum absolute atomic E-state index is 0.000834. The van der Waals surface area contributed by atoms with Crippen molar-refractivity contribution in [3.05, 3.63) is 76.5 Å². The summed E-state index contributed by atoms with van der Waals surface area (Å²) in [6.45, 7) is 10.2. The number of amides is 1. The molecule has 2 aromatic carbocycles. The number of nitrogens with one attached hydrogen (secondary N) is 1. The maximum atomic E-state index is 13.9. The van der Waals surface area contributed by atoms with E-state index in [0.29, 0.717) is 26.2 Å². The Morgan fingerprint density at radius 1 is 1.16 bits per heavy atom. The van der Waals surface area contributed by atoms with Gasteiger partial charge in [0.05, 0.1) is 24.7 Å². The summed E-state index contributed by atoms with van der Waals surface area (Å²) in [5.41, 5.74) is 6.47. The first-order valence-corrected chi connectivity index (χ1v) is 17.0. The number of aromatic nitrogens is 4. The number of aryl methyl sites for hydroxylation is 3. The second-order valence-electron chi connectivity index (χ2n) is 11.9. The Bertz CT molecular complexity index is 1820. The molecule has 0 aliphatic carbocycles. The van der Waals surface area contributed by atoms with Crippen LogP contribution in [0.3, 0.4) is 0 Å². The van der Waals surface area contributed by atoms with E-state index >= 15 is 0 Å². The standard InChI is InChI=1S/C33H40N6O5S/c1-5-26-19-38(45(41,42)30-8-7-14-34-33(30)44-26)18-24-16-23(10-9-21(24)3)28(17-31(40)35-25-13-15-43-20-25)27-11-12-29-32(22(27)4)36-37-39(29)6-2/h7-12,14,16,25-26,28H,5-6,13,15,17-20H2,1-4H3,(H,35,40)/t25?,26-,28?/m1/s1. The normalized spacial score (nSPS) is 20.4. The lowest BCUT2D eigenvalue weighted by Crippen LogP contribution is -2.36. The molecular formula is C33H40N6O5S. The third-order valence-electron chi connectivity index (χ3n) is 8.96. The molecule has 238 valence electrons. The molecular weight excluding hydrogens is 592 g/mol. The van der Waals surface area contributed by atoms with Crippen molar-refractivity contribution in [3.63, 3.8) is 0 Å². The molecule has 4 heterocycles. The molecule has 0 saturated carbocycles. The Morgan fingerprint density at radius 2 is 2.00 bits per heavy atom. The smallest absolute Gasteiger partial charge is 0.248 e. The van der Waals surface area contributed by atoms with Crippen molar-refractivity contribution in [2.45, 2.75) is 83.0 Å². The number of carbonyl (C=O) groups excluding carboxylic acids is 1. The lowest BCUT2D eigenvalue weighted by Gasteiger charge is -2.25. The van der Waals surface area contributed by atoms with Gasteiger partial charge in [-0.2, -0.15) is 4.31 Å². The van der Waals surface area contributed by atoms with Gasteiger partial charge in [-0.1, -0.05) is 36.4 Å². The number of rotatable bonds is 9. The molecule has 45 heavy (non-hydrogen) atoms. The van der Waals surface area contributed by atoms with E-state index in [1.54, 1.807) is 18.3 Å². The number of ether oxygens (including phenoxy) is 2. The van der Waals surface area contributed by atoms with E-state index in [4.69, 9.17) is 9.47 Å². The van der Waals surface area contributed by atoms with E-state index in [9.17, 15) is 13.2 Å². The predicted octanol–water partition coefficient (Wildman–Crippen LogP) is 4.25. The fourth-order valence-corrected chi connectivity index (χ4v) is 7.79. The molecule has 1 saturated heterocycles. The van der Waals surface area contributed by atoms with Crippen LogP contribution in [0.2, 0.25) is 0 Å². The molecule has 6 rings (SSSR count). The van der Waals surface area contributed by atoms with Crippen LogP contribution in [-0.4, -0.2) is 70.5 Å². The third kappa shape index (κ3) is 6.18. The predicted molar refractivity (Wildman–Crippen MR) is 169 cm³/mol. The van der Waals surface area contributed by atoms with Gasteiger partial charge in [0.15, 0.2) is 0 Å². The molecule has 12 heteroatoms. The third-order valence-corrected chi connectivity index (χ3v) is 10.8. The quantitative estimate of drug-likeness (QED) is 0.290. The lowest BCUT2D eigenvalue weighted by atomic mass is 9.84. The zero-order chi connectivity index (χ0) is 31.7. The highest BCUT2D eigenvalue weighted by Crippen LogP contribution is 2.36. The summed E-state index contributed by atoms with van der Waals surface area (Å²) in [7, 11) is -3.87. The van der Waals surface area contributed by atoms with Crippen LogP contribution in [0.15, 0.2) is 53.6 Å². The minimum Gasteiger partial charge on any atom is -0.472 e. The van der Waals surface area contributed by atoms with Gasteiger partial charge in [-0.25, -0.2) is 18.1 Å². The number of hydrogen-bond donors (Lipinski definition) is 1. The zero-order valence-corrected chi connectivity index (χ0v) is 27.0. The van der Waals surface area contributed by atoms with Crippen molar-refractivity contribution in [2.75, 3.05) is 19.8 Å². The minimum atomic E-state index is -3.87. The number of carbonyl (C=O) groups is 1. The number of nitrogens with zero attached hydrogens (tertiary/aromatic N) is 5. The molecule has 2 unspecified atom stereocenters. The van der Waals surface area contributed by atoms with Gasteiger partial charge in [0.25, 0.3) is 0 Å². The number of hydrogen-bond acceptors (Lipinski definition) is 8. The SMILES string of the molecule is CC[C@@H]1CN(Cc2cc(C(CC(=O)NC3CCOC3)c3ccc4c(nnn4CC)c3C)ccc2C)S(=O)(=O)c2cccnc2O1. The van der Waals surface area contributed by atoms with Gasteiger partial charge < -0.3 is 14.8 Å². The van der Waals surface area contributed by atoms with Crippen LogP contribution in [0, 0.1) is 13.8 Å². The summed E-state index contributed by atoms with van der Waals surface area (Å²) in [6, 6.07) is 13.3. The summed E-state index contributed by atoms with van der Waals surface area (Å²) < 4.78 is 42.6. The van der Waals surface area contributed by atoms with Crippen molar-refractivity contribution in [1.82, 2.24) is 29.6 Å². The van der Waals surface area contributed by atoms with Gasteiger partial charge in [-0.3, -0.25) is 4.79 Å². The van der Waals surface area contributed by atoms with Crippen LogP contribution < -0.4 is 10.1 Å².